The molecule has 15 heteroatoms. The first kappa shape index (κ1) is 33.4. The van der Waals surface area contributed by atoms with Gasteiger partial charge in [0.1, 0.15) is 35.6 Å². The van der Waals surface area contributed by atoms with Crippen LogP contribution >= 0.6 is 0 Å². The molecule has 2 aliphatic carbocycles. The fraction of sp³-hybridized carbons (Fsp3) is 0.500. The summed E-state index contributed by atoms with van der Waals surface area (Å²) in [6.07, 6.45) is 2.82. The van der Waals surface area contributed by atoms with Gasteiger partial charge in [-0.25, -0.2) is 14.0 Å². The first-order valence-corrected chi connectivity index (χ1v) is 15.6. The number of halogens is 1. The molecule has 3 fully saturated rings. The minimum atomic E-state index is -1.38. The second kappa shape index (κ2) is 13.8. The maximum Gasteiger partial charge on any atom is 0.410 e. The highest BCUT2D eigenvalue weighted by Crippen LogP contribution is 2.44. The standard InChI is InChI=1S/C32H39FN6O8/c1-3-19-13-32(19,29(34)43)37-27(41)25-12-21(47-31(45)38-15-18-8-7-11-23(33)22(18)17-38)16-39(25)28(42)24(14-35-26(40)4-2)36-30(44)46-20-9-5-6-10-20/h3-4,7-8,11,19-21,24-25H,1-2,5-6,9-10,12-17H2,(H2,34,43)(H,35,40)(H,36,44)(H,37,41)/t19-,21-,24+,25?,32-/m1/s1. The number of primary amides is 1. The van der Waals surface area contributed by atoms with Crippen molar-refractivity contribution in [2.75, 3.05) is 13.1 Å². The number of nitrogens with two attached hydrogens (primary N) is 1. The van der Waals surface area contributed by atoms with Crippen LogP contribution in [0.1, 0.15) is 49.7 Å². The third kappa shape index (κ3) is 7.23. The first-order valence-electron chi connectivity index (χ1n) is 15.6. The Balaban J connectivity index is 1.34. The van der Waals surface area contributed by atoms with Gasteiger partial charge < -0.3 is 36.1 Å². The number of hydrogen-bond donors (Lipinski definition) is 4. The van der Waals surface area contributed by atoms with Gasteiger partial charge in [0.2, 0.25) is 23.6 Å². The van der Waals surface area contributed by atoms with Gasteiger partial charge in [0.15, 0.2) is 0 Å². The van der Waals surface area contributed by atoms with Gasteiger partial charge in [-0.3, -0.25) is 24.1 Å². The van der Waals surface area contributed by atoms with Gasteiger partial charge in [-0.2, -0.15) is 0 Å². The number of hydrogen-bond acceptors (Lipinski definition) is 8. The Morgan fingerprint density at radius 2 is 1.83 bits per heavy atom. The van der Waals surface area contributed by atoms with Gasteiger partial charge in [-0.15, -0.1) is 6.58 Å². The van der Waals surface area contributed by atoms with E-state index in [0.717, 1.165) is 23.8 Å². The Morgan fingerprint density at radius 1 is 1.09 bits per heavy atom. The smallest absolute Gasteiger partial charge is 0.410 e. The Labute approximate surface area is 270 Å². The number of nitrogens with one attached hydrogen (secondary N) is 3. The molecular formula is C32H39FN6O8. The third-order valence-electron chi connectivity index (χ3n) is 9.22. The van der Waals surface area contributed by atoms with Crippen LogP contribution in [0.3, 0.4) is 0 Å². The summed E-state index contributed by atoms with van der Waals surface area (Å²) in [5.41, 5.74) is 5.24. The Hall–Kier alpha value is -4.95. The van der Waals surface area contributed by atoms with E-state index in [2.05, 4.69) is 29.1 Å². The lowest BCUT2D eigenvalue weighted by atomic mass is 10.1. The number of amides is 6. The lowest BCUT2D eigenvalue weighted by molar-refractivity contribution is -0.141. The molecule has 5 N–H and O–H groups in total. The van der Waals surface area contributed by atoms with Crippen LogP contribution in [-0.4, -0.2) is 88.5 Å². The van der Waals surface area contributed by atoms with Crippen molar-refractivity contribution in [2.45, 2.75) is 81.4 Å². The van der Waals surface area contributed by atoms with Crippen molar-refractivity contribution in [3.05, 3.63) is 60.5 Å². The maximum atomic E-state index is 14.3. The van der Waals surface area contributed by atoms with Gasteiger partial charge in [-0.05, 0) is 49.8 Å². The molecule has 0 radical (unpaired) electrons. The van der Waals surface area contributed by atoms with Crippen LogP contribution in [0.25, 0.3) is 0 Å². The van der Waals surface area contributed by atoms with Gasteiger partial charge in [0.05, 0.1) is 13.1 Å². The first-order chi connectivity index (χ1) is 22.4. The van der Waals surface area contributed by atoms with Crippen molar-refractivity contribution >= 4 is 35.8 Å². The predicted molar refractivity (Wildman–Crippen MR) is 163 cm³/mol. The molecule has 14 nitrogen and oxygen atoms in total. The summed E-state index contributed by atoms with van der Waals surface area (Å²) in [5, 5.41) is 7.64. The van der Waals surface area contributed by atoms with E-state index in [0.29, 0.717) is 24.0 Å². The molecule has 47 heavy (non-hydrogen) atoms. The quantitative estimate of drug-likeness (QED) is 0.202. The number of benzene rings is 1. The minimum Gasteiger partial charge on any atom is -0.446 e. The van der Waals surface area contributed by atoms with Gasteiger partial charge in [0, 0.05) is 31.0 Å². The van der Waals surface area contributed by atoms with E-state index in [-0.39, 0.29) is 45.1 Å². The van der Waals surface area contributed by atoms with Crippen LogP contribution in [0.5, 0.6) is 0 Å². The lowest BCUT2D eigenvalue weighted by Crippen LogP contribution is -2.59. The van der Waals surface area contributed by atoms with E-state index in [9.17, 15) is 33.2 Å². The highest BCUT2D eigenvalue weighted by Gasteiger charge is 2.60. The minimum absolute atomic E-state index is 0.0116. The van der Waals surface area contributed by atoms with E-state index in [1.807, 2.05) is 0 Å². The number of carbonyl (C=O) groups is 6. The number of likely N-dealkylation sites (tertiary alicyclic amines) is 1. The van der Waals surface area contributed by atoms with Gasteiger partial charge in [0.25, 0.3) is 0 Å². The summed E-state index contributed by atoms with van der Waals surface area (Å²) >= 11 is 0. The van der Waals surface area contributed by atoms with Crippen molar-refractivity contribution in [2.24, 2.45) is 11.7 Å². The zero-order valence-electron chi connectivity index (χ0n) is 25.9. The SMILES string of the molecule is C=CC(=O)NC[C@H](NC(=O)OC1CCCC1)C(=O)N1C[C@H](OC(=O)N2Cc3cccc(F)c3C2)CC1C(=O)N[C@]1(C(N)=O)C[C@H]1C=C. The summed E-state index contributed by atoms with van der Waals surface area (Å²) in [7, 11) is 0. The average Bonchev–Trinajstić information content (AvgIpc) is 3.45. The Bertz CT molecular complexity index is 1480. The second-order valence-corrected chi connectivity index (χ2v) is 12.3. The fourth-order valence-corrected chi connectivity index (χ4v) is 6.48. The summed E-state index contributed by atoms with van der Waals surface area (Å²) in [6.45, 7) is 6.56. The summed E-state index contributed by atoms with van der Waals surface area (Å²) in [4.78, 5) is 80.5. The molecule has 5 rings (SSSR count). The van der Waals surface area contributed by atoms with E-state index < -0.39 is 71.3 Å². The van der Waals surface area contributed by atoms with E-state index >= 15 is 0 Å². The second-order valence-electron chi connectivity index (χ2n) is 12.3. The lowest BCUT2D eigenvalue weighted by Gasteiger charge is -2.29. The highest BCUT2D eigenvalue weighted by molar-refractivity contribution is 5.98. The number of alkyl carbamates (subject to hydrolysis) is 1. The van der Waals surface area contributed by atoms with Crippen LogP contribution in [0, 0.1) is 11.7 Å². The molecule has 0 bridgehead atoms. The van der Waals surface area contributed by atoms with E-state index in [1.54, 1.807) is 12.1 Å². The third-order valence-corrected chi connectivity index (χ3v) is 9.22. The normalized spacial score (nSPS) is 25.3. The monoisotopic (exact) mass is 654 g/mol. The molecule has 4 aliphatic rings. The fourth-order valence-electron chi connectivity index (χ4n) is 6.48. The summed E-state index contributed by atoms with van der Waals surface area (Å²) in [5.74, 6) is -3.71. The van der Waals surface area contributed by atoms with Crippen LogP contribution in [0.2, 0.25) is 0 Å². The molecule has 0 aromatic heterocycles. The van der Waals surface area contributed by atoms with Crippen molar-refractivity contribution in [1.82, 2.24) is 25.8 Å². The molecule has 6 amide bonds. The topological polar surface area (TPSA) is 189 Å². The molecule has 5 atom stereocenters. The van der Waals surface area contributed by atoms with Crippen molar-refractivity contribution in [3.8, 4) is 0 Å². The maximum absolute atomic E-state index is 14.3. The van der Waals surface area contributed by atoms with Crippen LogP contribution < -0.4 is 21.7 Å². The zero-order valence-corrected chi connectivity index (χ0v) is 25.9. The molecule has 2 aliphatic heterocycles. The molecule has 1 saturated heterocycles. The molecule has 0 spiro atoms. The summed E-state index contributed by atoms with van der Waals surface area (Å²) < 4.78 is 25.5. The average molecular weight is 655 g/mol. The van der Waals surface area contributed by atoms with Gasteiger partial charge in [-0.1, -0.05) is 24.8 Å². The number of carbonyl (C=O) groups excluding carboxylic acids is 6. The molecule has 1 unspecified atom stereocenters. The van der Waals surface area contributed by atoms with Crippen LogP contribution in [0.15, 0.2) is 43.5 Å². The van der Waals surface area contributed by atoms with Crippen LogP contribution in [0.4, 0.5) is 14.0 Å². The highest BCUT2D eigenvalue weighted by atomic mass is 19.1. The molecular weight excluding hydrogens is 615 g/mol. The largest absolute Gasteiger partial charge is 0.446 e. The number of nitrogens with zero attached hydrogens (tertiary/aromatic N) is 2. The molecule has 1 aromatic rings. The van der Waals surface area contributed by atoms with Crippen molar-refractivity contribution < 1.29 is 42.6 Å². The van der Waals surface area contributed by atoms with E-state index in [4.69, 9.17) is 15.2 Å². The Kier molecular flexibility index (Phi) is 9.82. The summed E-state index contributed by atoms with van der Waals surface area (Å²) in [6, 6.07) is 1.94. The predicted octanol–water partition coefficient (Wildman–Crippen LogP) is 1.13. The van der Waals surface area contributed by atoms with E-state index in [1.165, 1.54) is 17.0 Å². The van der Waals surface area contributed by atoms with Crippen molar-refractivity contribution in [3.63, 3.8) is 0 Å². The van der Waals surface area contributed by atoms with Crippen LogP contribution in [-0.2, 0) is 41.7 Å². The number of rotatable bonds is 11. The number of ether oxygens (including phenoxy) is 2. The Morgan fingerprint density at radius 3 is 2.47 bits per heavy atom. The molecule has 2 saturated carbocycles. The van der Waals surface area contributed by atoms with Gasteiger partial charge >= 0.3 is 12.2 Å². The van der Waals surface area contributed by atoms with Crippen molar-refractivity contribution in [1.29, 1.82) is 0 Å². The molecule has 1 aromatic carbocycles. The zero-order chi connectivity index (χ0) is 33.9. The molecule has 252 valence electrons. The molecule has 2 heterocycles. The number of fused-ring (bicyclic) bond motifs is 1.